The summed E-state index contributed by atoms with van der Waals surface area (Å²) in [7, 11) is 0. The molecule has 1 aromatic heterocycles. The fourth-order valence-electron chi connectivity index (χ4n) is 2.55. The average molecular weight is 395 g/mol. The van der Waals surface area contributed by atoms with Crippen LogP contribution in [-0.4, -0.2) is 27.1 Å². The molecule has 24 heavy (non-hydrogen) atoms. The molecule has 0 aliphatic carbocycles. The fraction of sp³-hybridized carbons (Fsp3) is 0.188. The summed E-state index contributed by atoms with van der Waals surface area (Å²) in [6.45, 7) is 3.76. The van der Waals surface area contributed by atoms with E-state index in [1.807, 2.05) is 13.8 Å². The SMILES string of the molecule is CC(C)c1cc(Br)ccc1-c1c(C(=O)O)c(N)[nH]c(=O)c1C(=O)O. The van der Waals surface area contributed by atoms with Crippen molar-refractivity contribution in [3.8, 4) is 11.1 Å². The van der Waals surface area contributed by atoms with Crippen molar-refractivity contribution < 1.29 is 19.8 Å². The van der Waals surface area contributed by atoms with E-state index in [9.17, 15) is 24.6 Å². The van der Waals surface area contributed by atoms with E-state index in [1.54, 1.807) is 18.2 Å². The second-order valence-corrected chi connectivity index (χ2v) is 6.41. The lowest BCUT2D eigenvalue weighted by Gasteiger charge is -2.18. The quantitative estimate of drug-likeness (QED) is 0.629. The maximum absolute atomic E-state index is 12.1. The highest BCUT2D eigenvalue weighted by Crippen LogP contribution is 2.36. The lowest BCUT2D eigenvalue weighted by Crippen LogP contribution is -2.24. The molecule has 0 radical (unpaired) electrons. The van der Waals surface area contributed by atoms with Gasteiger partial charge in [0.25, 0.3) is 5.56 Å². The van der Waals surface area contributed by atoms with Crippen LogP contribution in [0.5, 0.6) is 0 Å². The summed E-state index contributed by atoms with van der Waals surface area (Å²) in [6.07, 6.45) is 0. The van der Waals surface area contributed by atoms with Gasteiger partial charge < -0.3 is 20.9 Å². The summed E-state index contributed by atoms with van der Waals surface area (Å²) in [5.74, 6) is -3.36. The lowest BCUT2D eigenvalue weighted by atomic mass is 9.88. The number of aromatic nitrogens is 1. The van der Waals surface area contributed by atoms with Gasteiger partial charge in [-0.15, -0.1) is 0 Å². The summed E-state index contributed by atoms with van der Waals surface area (Å²) >= 11 is 3.34. The molecule has 1 heterocycles. The highest BCUT2D eigenvalue weighted by Gasteiger charge is 2.28. The van der Waals surface area contributed by atoms with Crippen molar-refractivity contribution in [2.24, 2.45) is 0 Å². The molecule has 7 nitrogen and oxygen atoms in total. The highest BCUT2D eigenvalue weighted by molar-refractivity contribution is 9.10. The molecule has 0 spiro atoms. The molecule has 126 valence electrons. The summed E-state index contributed by atoms with van der Waals surface area (Å²) < 4.78 is 0.751. The van der Waals surface area contributed by atoms with E-state index >= 15 is 0 Å². The van der Waals surface area contributed by atoms with Crippen LogP contribution in [0.15, 0.2) is 27.5 Å². The van der Waals surface area contributed by atoms with Gasteiger partial charge in [0.15, 0.2) is 0 Å². The molecule has 0 aliphatic heterocycles. The van der Waals surface area contributed by atoms with Gasteiger partial charge in [-0.2, -0.15) is 0 Å². The second kappa shape index (κ2) is 6.48. The minimum absolute atomic E-state index is 0.0405. The van der Waals surface area contributed by atoms with Gasteiger partial charge >= 0.3 is 11.9 Å². The van der Waals surface area contributed by atoms with Crippen LogP contribution in [0.1, 0.15) is 46.0 Å². The molecule has 5 N–H and O–H groups in total. The Morgan fingerprint density at radius 1 is 1.17 bits per heavy atom. The van der Waals surface area contributed by atoms with Gasteiger partial charge in [-0.3, -0.25) is 4.79 Å². The first-order chi connectivity index (χ1) is 11.1. The van der Waals surface area contributed by atoms with Gasteiger partial charge in [-0.25, -0.2) is 9.59 Å². The third kappa shape index (κ3) is 3.05. The number of benzene rings is 1. The van der Waals surface area contributed by atoms with Crippen molar-refractivity contribution in [2.45, 2.75) is 19.8 Å². The number of carboxylic acids is 2. The molecule has 2 aromatic rings. The van der Waals surface area contributed by atoms with Crippen LogP contribution in [0.3, 0.4) is 0 Å². The Hall–Kier alpha value is -2.61. The number of rotatable bonds is 4. The summed E-state index contributed by atoms with van der Waals surface area (Å²) in [5.41, 5.74) is 4.47. The van der Waals surface area contributed by atoms with Crippen LogP contribution in [0, 0.1) is 0 Å². The van der Waals surface area contributed by atoms with Crippen molar-refractivity contribution in [1.29, 1.82) is 0 Å². The predicted octanol–water partition coefficient (Wildman–Crippen LogP) is 2.91. The number of halogens is 1. The molecule has 2 rings (SSSR count). The van der Waals surface area contributed by atoms with Crippen LogP contribution in [0.25, 0.3) is 11.1 Å². The van der Waals surface area contributed by atoms with Crippen LogP contribution in [0.4, 0.5) is 5.82 Å². The molecule has 0 aliphatic rings. The molecule has 0 unspecified atom stereocenters. The van der Waals surface area contributed by atoms with E-state index in [-0.39, 0.29) is 17.3 Å². The topological polar surface area (TPSA) is 133 Å². The summed E-state index contributed by atoms with van der Waals surface area (Å²) in [5, 5.41) is 18.9. The Morgan fingerprint density at radius 3 is 2.25 bits per heavy atom. The number of carbonyl (C=O) groups is 2. The van der Waals surface area contributed by atoms with Gasteiger partial charge in [-0.05, 0) is 29.2 Å². The van der Waals surface area contributed by atoms with Crippen molar-refractivity contribution >= 4 is 33.7 Å². The normalized spacial score (nSPS) is 10.8. The Labute approximate surface area is 145 Å². The molecule has 0 saturated carbocycles. The van der Waals surface area contributed by atoms with E-state index in [4.69, 9.17) is 5.73 Å². The van der Waals surface area contributed by atoms with Gasteiger partial charge in [0, 0.05) is 10.0 Å². The van der Waals surface area contributed by atoms with Crippen molar-refractivity contribution in [3.05, 3.63) is 49.7 Å². The number of pyridine rings is 1. The van der Waals surface area contributed by atoms with Crippen LogP contribution >= 0.6 is 15.9 Å². The largest absolute Gasteiger partial charge is 0.478 e. The molecule has 0 saturated heterocycles. The zero-order valence-corrected chi connectivity index (χ0v) is 14.5. The first kappa shape index (κ1) is 17.7. The minimum Gasteiger partial charge on any atom is -0.478 e. The Kier molecular flexibility index (Phi) is 4.79. The standard InChI is InChI=1S/C16H15BrN2O5/c1-6(2)9-5-7(17)3-4-8(9)10-11(15(21)22)13(18)19-14(20)12(10)16(23)24/h3-6H,1-2H3,(H,21,22)(H,23,24)(H3,18,19,20). The molecular formula is C16H15BrN2O5. The predicted molar refractivity (Wildman–Crippen MR) is 92.6 cm³/mol. The molecule has 8 heteroatoms. The van der Waals surface area contributed by atoms with Gasteiger partial charge in [-0.1, -0.05) is 35.8 Å². The number of nitrogens with one attached hydrogen (secondary N) is 1. The third-order valence-corrected chi connectivity index (χ3v) is 4.07. The van der Waals surface area contributed by atoms with E-state index in [2.05, 4.69) is 20.9 Å². The number of carboxylic acid groups (broad SMARTS) is 2. The average Bonchev–Trinajstić information content (AvgIpc) is 2.45. The monoisotopic (exact) mass is 394 g/mol. The number of anilines is 1. The van der Waals surface area contributed by atoms with E-state index in [1.165, 1.54) is 0 Å². The van der Waals surface area contributed by atoms with Gasteiger partial charge in [0.2, 0.25) is 0 Å². The molecule has 0 bridgehead atoms. The number of nitrogens with two attached hydrogens (primary N) is 1. The van der Waals surface area contributed by atoms with E-state index in [0.29, 0.717) is 11.1 Å². The smallest absolute Gasteiger partial charge is 0.342 e. The zero-order valence-electron chi connectivity index (χ0n) is 12.9. The van der Waals surface area contributed by atoms with Crippen LogP contribution in [0.2, 0.25) is 0 Å². The zero-order chi connectivity index (χ0) is 18.2. The number of hydrogen-bond acceptors (Lipinski definition) is 4. The van der Waals surface area contributed by atoms with E-state index in [0.717, 1.165) is 4.47 Å². The first-order valence-corrected chi connectivity index (χ1v) is 7.76. The van der Waals surface area contributed by atoms with Crippen LogP contribution in [-0.2, 0) is 0 Å². The molecule has 1 aromatic carbocycles. The maximum atomic E-state index is 12.1. The second-order valence-electron chi connectivity index (χ2n) is 5.49. The molecule has 0 amide bonds. The van der Waals surface area contributed by atoms with Gasteiger partial charge in [0.1, 0.15) is 16.9 Å². The molecule has 0 atom stereocenters. The Morgan fingerprint density at radius 2 is 1.75 bits per heavy atom. The van der Waals surface area contributed by atoms with Crippen molar-refractivity contribution in [3.63, 3.8) is 0 Å². The number of H-pyrrole nitrogens is 1. The fourth-order valence-corrected chi connectivity index (χ4v) is 2.93. The first-order valence-electron chi connectivity index (χ1n) is 6.97. The molecule has 0 fully saturated rings. The third-order valence-electron chi connectivity index (χ3n) is 3.58. The lowest BCUT2D eigenvalue weighted by molar-refractivity contribution is 0.0695. The van der Waals surface area contributed by atoms with Crippen LogP contribution < -0.4 is 11.3 Å². The number of nitrogen functional groups attached to an aromatic ring is 1. The minimum atomic E-state index is -1.52. The maximum Gasteiger partial charge on any atom is 0.342 e. The summed E-state index contributed by atoms with van der Waals surface area (Å²) in [4.78, 5) is 37.4. The van der Waals surface area contributed by atoms with Crippen molar-refractivity contribution in [2.75, 3.05) is 5.73 Å². The Bertz CT molecular complexity index is 902. The van der Waals surface area contributed by atoms with Gasteiger partial charge in [0.05, 0.1) is 0 Å². The number of hydrogen-bond donors (Lipinski definition) is 4. The van der Waals surface area contributed by atoms with Crippen molar-refractivity contribution in [1.82, 2.24) is 4.98 Å². The Balaban J connectivity index is 3.06. The molecular weight excluding hydrogens is 380 g/mol. The number of aromatic amines is 1. The number of aromatic carboxylic acids is 2. The highest BCUT2D eigenvalue weighted by atomic mass is 79.9. The summed E-state index contributed by atoms with van der Waals surface area (Å²) in [6, 6.07) is 4.98. The van der Waals surface area contributed by atoms with E-state index < -0.39 is 28.6 Å².